The highest BCUT2D eigenvalue weighted by Crippen LogP contribution is 2.16. The molecule has 1 amide bonds. The molecule has 0 bridgehead atoms. The van der Waals surface area contributed by atoms with Crippen LogP contribution in [0.2, 0.25) is 5.15 Å². The summed E-state index contributed by atoms with van der Waals surface area (Å²) in [6.07, 6.45) is 0. The molecule has 0 fully saturated rings. The maximum atomic E-state index is 12.3. The topological polar surface area (TPSA) is 91.5 Å². The molecule has 4 N–H and O–H groups in total. The maximum absolute atomic E-state index is 12.3. The maximum Gasteiger partial charge on any atom is 0.254 e. The number of pyridine rings is 1. The number of rotatable bonds is 5. The van der Waals surface area contributed by atoms with E-state index in [0.29, 0.717) is 11.4 Å². The van der Waals surface area contributed by atoms with E-state index in [0.717, 1.165) is 0 Å². The Bertz CT molecular complexity index is 426. The van der Waals surface area contributed by atoms with Crippen LogP contribution in [0.1, 0.15) is 24.2 Å². The number of nitrogens with two attached hydrogens (primary N) is 1. The van der Waals surface area contributed by atoms with E-state index < -0.39 is 0 Å². The predicted octanol–water partition coefficient (Wildman–Crippen LogP) is 0.863. The van der Waals surface area contributed by atoms with Gasteiger partial charge in [0.1, 0.15) is 11.0 Å². The van der Waals surface area contributed by atoms with Gasteiger partial charge in [0.15, 0.2) is 0 Å². The first-order valence-corrected chi connectivity index (χ1v) is 5.93. The van der Waals surface area contributed by atoms with Gasteiger partial charge in [0.25, 0.3) is 5.91 Å². The summed E-state index contributed by atoms with van der Waals surface area (Å²) in [5.41, 5.74) is 2.73. The minimum absolute atomic E-state index is 0.0223. The zero-order valence-electron chi connectivity index (χ0n) is 10.4. The van der Waals surface area contributed by atoms with E-state index in [-0.39, 0.29) is 30.3 Å². The lowest BCUT2D eigenvalue weighted by Crippen LogP contribution is -2.39. The number of aliphatic hydroxyl groups excluding tert-OH is 1. The third-order valence-corrected chi connectivity index (χ3v) is 2.61. The normalized spacial score (nSPS) is 10.6. The van der Waals surface area contributed by atoms with Crippen molar-refractivity contribution in [2.24, 2.45) is 5.84 Å². The summed E-state index contributed by atoms with van der Waals surface area (Å²) in [6.45, 7) is 3.92. The molecule has 0 aromatic carbocycles. The molecule has 0 spiro atoms. The van der Waals surface area contributed by atoms with Gasteiger partial charge in [-0.2, -0.15) is 0 Å². The number of aliphatic hydroxyl groups is 1. The fourth-order valence-corrected chi connectivity index (χ4v) is 1.77. The summed E-state index contributed by atoms with van der Waals surface area (Å²) in [4.78, 5) is 17.7. The summed E-state index contributed by atoms with van der Waals surface area (Å²) in [6, 6.07) is 2.96. The molecule has 0 atom stereocenters. The van der Waals surface area contributed by atoms with Crippen molar-refractivity contribution in [1.82, 2.24) is 9.88 Å². The number of nitrogen functional groups attached to an aromatic ring is 1. The van der Waals surface area contributed by atoms with Crippen molar-refractivity contribution in [3.63, 3.8) is 0 Å². The fraction of sp³-hybridized carbons (Fsp3) is 0.455. The third kappa shape index (κ3) is 3.56. The lowest BCUT2D eigenvalue weighted by Gasteiger charge is -2.26. The molecule has 0 unspecified atom stereocenters. The second-order valence-electron chi connectivity index (χ2n) is 4.02. The van der Waals surface area contributed by atoms with Crippen LogP contribution < -0.4 is 11.3 Å². The Morgan fingerprint density at radius 3 is 2.78 bits per heavy atom. The highest BCUT2D eigenvalue weighted by atomic mass is 35.5. The Morgan fingerprint density at radius 1 is 1.61 bits per heavy atom. The van der Waals surface area contributed by atoms with Gasteiger partial charge in [-0.3, -0.25) is 4.79 Å². The second kappa shape index (κ2) is 6.53. The molecule has 0 aliphatic carbocycles. The summed E-state index contributed by atoms with van der Waals surface area (Å²) < 4.78 is 0. The number of nitrogens with zero attached hydrogens (tertiary/aromatic N) is 2. The van der Waals surface area contributed by atoms with Gasteiger partial charge in [-0.05, 0) is 26.0 Å². The van der Waals surface area contributed by atoms with Crippen LogP contribution in [-0.2, 0) is 0 Å². The number of anilines is 1. The number of hydrogen-bond acceptors (Lipinski definition) is 5. The molecule has 0 radical (unpaired) electrons. The summed E-state index contributed by atoms with van der Waals surface area (Å²) in [7, 11) is 0. The van der Waals surface area contributed by atoms with E-state index in [9.17, 15) is 4.79 Å². The molecule has 1 aromatic rings. The van der Waals surface area contributed by atoms with Crippen molar-refractivity contribution in [2.45, 2.75) is 19.9 Å². The van der Waals surface area contributed by atoms with Crippen molar-refractivity contribution in [2.75, 3.05) is 18.6 Å². The van der Waals surface area contributed by atoms with Gasteiger partial charge in [0.05, 0.1) is 6.61 Å². The molecule has 0 saturated heterocycles. The molecule has 1 heterocycles. The van der Waals surface area contributed by atoms with Crippen molar-refractivity contribution in [3.05, 3.63) is 22.8 Å². The number of halogens is 1. The number of amides is 1. The Balaban J connectivity index is 3.04. The molecule has 0 saturated carbocycles. The van der Waals surface area contributed by atoms with Crippen LogP contribution in [-0.4, -0.2) is 40.1 Å². The minimum atomic E-state index is -0.222. The quantitative estimate of drug-likeness (QED) is 0.420. The zero-order chi connectivity index (χ0) is 13.7. The van der Waals surface area contributed by atoms with E-state index in [1.807, 2.05) is 13.8 Å². The van der Waals surface area contributed by atoms with Crippen LogP contribution in [0.5, 0.6) is 0 Å². The largest absolute Gasteiger partial charge is 0.395 e. The average molecular weight is 273 g/mol. The molecular formula is C11H17ClN4O2. The van der Waals surface area contributed by atoms with E-state index in [1.54, 1.807) is 4.90 Å². The zero-order valence-corrected chi connectivity index (χ0v) is 11.1. The van der Waals surface area contributed by atoms with Crippen molar-refractivity contribution in [3.8, 4) is 0 Å². The lowest BCUT2D eigenvalue weighted by molar-refractivity contribution is 0.0665. The van der Waals surface area contributed by atoms with Crippen LogP contribution in [0.15, 0.2) is 12.1 Å². The number of hydrogen-bond donors (Lipinski definition) is 3. The van der Waals surface area contributed by atoms with Gasteiger partial charge >= 0.3 is 0 Å². The van der Waals surface area contributed by atoms with E-state index >= 15 is 0 Å². The molecule has 100 valence electrons. The third-order valence-electron chi connectivity index (χ3n) is 2.41. The SMILES string of the molecule is CC(C)N(CCO)C(=O)c1cc(Cl)nc(NN)c1. The first-order chi connectivity index (χ1) is 8.49. The molecule has 1 rings (SSSR count). The average Bonchev–Trinajstić information content (AvgIpc) is 2.33. The van der Waals surface area contributed by atoms with Crippen LogP contribution in [0, 0.1) is 0 Å². The first-order valence-electron chi connectivity index (χ1n) is 5.55. The molecule has 18 heavy (non-hydrogen) atoms. The van der Waals surface area contributed by atoms with Gasteiger partial charge in [0, 0.05) is 18.2 Å². The van der Waals surface area contributed by atoms with Crippen LogP contribution in [0.4, 0.5) is 5.82 Å². The molecule has 0 aliphatic heterocycles. The van der Waals surface area contributed by atoms with Gasteiger partial charge in [-0.15, -0.1) is 0 Å². The number of nitrogens with one attached hydrogen (secondary N) is 1. The highest BCUT2D eigenvalue weighted by Gasteiger charge is 2.19. The standard InChI is InChI=1S/C11H17ClN4O2/c1-7(2)16(3-4-17)11(18)8-5-9(12)14-10(6-8)15-13/h5-7,17H,3-4,13H2,1-2H3,(H,14,15). The molecule has 1 aromatic heterocycles. The molecule has 6 nitrogen and oxygen atoms in total. The van der Waals surface area contributed by atoms with Gasteiger partial charge in [-0.1, -0.05) is 11.6 Å². The Morgan fingerprint density at radius 2 is 2.28 bits per heavy atom. The van der Waals surface area contributed by atoms with Crippen LogP contribution in [0.25, 0.3) is 0 Å². The van der Waals surface area contributed by atoms with Crippen molar-refractivity contribution in [1.29, 1.82) is 0 Å². The Labute approximate surface area is 111 Å². The Kier molecular flexibility index (Phi) is 5.33. The number of hydrazine groups is 1. The summed E-state index contributed by atoms with van der Waals surface area (Å²) in [5, 5.41) is 9.15. The van der Waals surface area contributed by atoms with Crippen molar-refractivity contribution < 1.29 is 9.90 Å². The van der Waals surface area contributed by atoms with Crippen molar-refractivity contribution >= 4 is 23.3 Å². The van der Waals surface area contributed by atoms with E-state index in [4.69, 9.17) is 22.6 Å². The van der Waals surface area contributed by atoms with E-state index in [2.05, 4.69) is 10.4 Å². The fourth-order valence-electron chi connectivity index (χ4n) is 1.56. The first kappa shape index (κ1) is 14.7. The van der Waals surface area contributed by atoms with Gasteiger partial charge in [-0.25, -0.2) is 10.8 Å². The number of carbonyl (C=O) groups is 1. The molecule has 0 aliphatic rings. The summed E-state index contributed by atoms with van der Waals surface area (Å²) in [5.74, 6) is 5.34. The monoisotopic (exact) mass is 272 g/mol. The number of aromatic nitrogens is 1. The molecular weight excluding hydrogens is 256 g/mol. The Hall–Kier alpha value is -1.37. The number of carbonyl (C=O) groups excluding carboxylic acids is 1. The lowest BCUT2D eigenvalue weighted by atomic mass is 10.2. The molecule has 7 heteroatoms. The minimum Gasteiger partial charge on any atom is -0.395 e. The van der Waals surface area contributed by atoms with Crippen LogP contribution in [0.3, 0.4) is 0 Å². The smallest absolute Gasteiger partial charge is 0.254 e. The second-order valence-corrected chi connectivity index (χ2v) is 4.41. The van der Waals surface area contributed by atoms with Gasteiger partial charge in [0.2, 0.25) is 0 Å². The predicted molar refractivity (Wildman–Crippen MR) is 70.3 cm³/mol. The highest BCUT2D eigenvalue weighted by molar-refractivity contribution is 6.29. The summed E-state index contributed by atoms with van der Waals surface area (Å²) >= 11 is 5.81. The van der Waals surface area contributed by atoms with Crippen LogP contribution >= 0.6 is 11.6 Å². The van der Waals surface area contributed by atoms with E-state index in [1.165, 1.54) is 12.1 Å². The van der Waals surface area contributed by atoms with Gasteiger partial charge < -0.3 is 15.4 Å².